The lowest BCUT2D eigenvalue weighted by atomic mass is 10.2. The van der Waals surface area contributed by atoms with Crippen molar-refractivity contribution in [3.05, 3.63) is 65.5 Å². The van der Waals surface area contributed by atoms with Crippen LogP contribution in [0, 0.1) is 17.7 Å². The molecule has 0 aliphatic heterocycles. The van der Waals surface area contributed by atoms with E-state index in [0.717, 1.165) is 5.56 Å². The van der Waals surface area contributed by atoms with Crippen LogP contribution in [0.2, 0.25) is 0 Å². The van der Waals surface area contributed by atoms with Gasteiger partial charge in [0.2, 0.25) is 0 Å². The fraction of sp³-hybridized carbons (Fsp3) is 0.250. The van der Waals surface area contributed by atoms with Crippen molar-refractivity contribution in [2.75, 3.05) is 13.2 Å². The highest BCUT2D eigenvalue weighted by Gasteiger charge is 2.02. The number of nitrogens with one attached hydrogen (secondary N) is 1. The number of alkyl carbamates (subject to hydrolysis) is 1. The highest BCUT2D eigenvalue weighted by Crippen LogP contribution is 2.15. The summed E-state index contributed by atoms with van der Waals surface area (Å²) in [4.78, 5) is 11.5. The first-order chi connectivity index (χ1) is 12.2. The molecule has 0 aliphatic carbocycles. The fourth-order valence-corrected chi connectivity index (χ4v) is 2.01. The van der Waals surface area contributed by atoms with E-state index in [1.165, 1.54) is 6.07 Å². The average Bonchev–Trinajstić information content (AvgIpc) is 2.62. The lowest BCUT2D eigenvalue weighted by Gasteiger charge is -2.05. The van der Waals surface area contributed by atoms with Gasteiger partial charge in [0.15, 0.2) is 0 Å². The van der Waals surface area contributed by atoms with E-state index in [4.69, 9.17) is 9.47 Å². The number of carbonyl (C=O) groups is 1. The van der Waals surface area contributed by atoms with Crippen molar-refractivity contribution in [1.82, 2.24) is 5.32 Å². The molecule has 2 aromatic carbocycles. The largest absolute Gasteiger partial charge is 0.494 e. The molecule has 2 aromatic rings. The van der Waals surface area contributed by atoms with E-state index < -0.39 is 11.9 Å². The maximum absolute atomic E-state index is 13.8. The van der Waals surface area contributed by atoms with Crippen LogP contribution < -0.4 is 10.1 Å². The van der Waals surface area contributed by atoms with Gasteiger partial charge < -0.3 is 14.8 Å². The Morgan fingerprint density at radius 1 is 1.20 bits per heavy atom. The Kier molecular flexibility index (Phi) is 7.33. The Morgan fingerprint density at radius 2 is 2.00 bits per heavy atom. The van der Waals surface area contributed by atoms with Crippen LogP contribution in [0.3, 0.4) is 0 Å². The molecule has 0 saturated carbocycles. The van der Waals surface area contributed by atoms with Gasteiger partial charge in [-0.15, -0.1) is 0 Å². The first-order valence-corrected chi connectivity index (χ1v) is 8.05. The van der Waals surface area contributed by atoms with E-state index in [9.17, 15) is 9.18 Å². The van der Waals surface area contributed by atoms with Crippen molar-refractivity contribution in [2.24, 2.45) is 0 Å². The third-order valence-corrected chi connectivity index (χ3v) is 3.21. The van der Waals surface area contributed by atoms with Crippen LogP contribution in [-0.2, 0) is 11.3 Å². The van der Waals surface area contributed by atoms with E-state index in [0.29, 0.717) is 30.9 Å². The Bertz CT molecular complexity index is 751. The minimum atomic E-state index is -0.502. The van der Waals surface area contributed by atoms with E-state index in [1.54, 1.807) is 12.1 Å². The van der Waals surface area contributed by atoms with Crippen molar-refractivity contribution in [3.63, 3.8) is 0 Å². The molecule has 4 nitrogen and oxygen atoms in total. The lowest BCUT2D eigenvalue weighted by molar-refractivity contribution is 0.140. The van der Waals surface area contributed by atoms with Crippen molar-refractivity contribution in [2.45, 2.75) is 20.0 Å². The molecule has 25 heavy (non-hydrogen) atoms. The molecular formula is C20H20FNO3. The first kappa shape index (κ1) is 18.3. The van der Waals surface area contributed by atoms with E-state index in [-0.39, 0.29) is 6.61 Å². The van der Waals surface area contributed by atoms with Crippen LogP contribution in [0.15, 0.2) is 48.5 Å². The smallest absolute Gasteiger partial charge is 0.407 e. The van der Waals surface area contributed by atoms with Gasteiger partial charge in [-0.2, -0.15) is 0 Å². The molecular weight excluding hydrogens is 321 g/mol. The summed E-state index contributed by atoms with van der Waals surface area (Å²) in [7, 11) is 0. The van der Waals surface area contributed by atoms with Crippen LogP contribution in [0.1, 0.15) is 24.5 Å². The van der Waals surface area contributed by atoms with Crippen molar-refractivity contribution >= 4 is 6.09 Å². The second kappa shape index (κ2) is 9.99. The average molecular weight is 341 g/mol. The zero-order valence-electron chi connectivity index (χ0n) is 14.0. The Hall–Kier alpha value is -3.00. The zero-order valence-corrected chi connectivity index (χ0v) is 14.0. The van der Waals surface area contributed by atoms with Crippen molar-refractivity contribution < 1.29 is 18.7 Å². The van der Waals surface area contributed by atoms with Crippen LogP contribution in [0.4, 0.5) is 9.18 Å². The summed E-state index contributed by atoms with van der Waals surface area (Å²) in [5, 5.41) is 2.60. The minimum Gasteiger partial charge on any atom is -0.494 e. The number of amides is 1. The van der Waals surface area contributed by atoms with E-state index in [1.807, 2.05) is 37.3 Å². The third-order valence-electron chi connectivity index (χ3n) is 3.21. The normalized spacial score (nSPS) is 9.68. The Morgan fingerprint density at radius 3 is 2.72 bits per heavy atom. The molecule has 0 fully saturated rings. The maximum Gasteiger partial charge on any atom is 0.407 e. The summed E-state index contributed by atoms with van der Waals surface area (Å²) in [6.07, 6.45) is -0.106. The number of rotatable bonds is 6. The Balaban J connectivity index is 1.71. The standard InChI is InChI=1S/C20H20FNO3/c1-2-24-18-12-11-17(19(21)14-18)10-6-7-13-22-20(23)25-15-16-8-4-3-5-9-16/h3-5,8-9,11-12,14H,2,7,13,15H2,1H3,(H,22,23). The van der Waals surface area contributed by atoms with E-state index >= 15 is 0 Å². The van der Waals surface area contributed by atoms with Gasteiger partial charge >= 0.3 is 6.09 Å². The van der Waals surface area contributed by atoms with Crippen LogP contribution in [0.5, 0.6) is 5.75 Å². The summed E-state index contributed by atoms with van der Waals surface area (Å²) in [6.45, 7) is 2.87. The molecule has 0 heterocycles. The summed E-state index contributed by atoms with van der Waals surface area (Å²) in [5.41, 5.74) is 1.22. The predicted octanol–water partition coefficient (Wildman–Crippen LogP) is 3.89. The molecule has 130 valence electrons. The van der Waals surface area contributed by atoms with Gasteiger partial charge in [-0.3, -0.25) is 0 Å². The molecule has 0 spiro atoms. The van der Waals surface area contributed by atoms with Gasteiger partial charge in [0.25, 0.3) is 0 Å². The van der Waals surface area contributed by atoms with Crippen LogP contribution in [-0.4, -0.2) is 19.2 Å². The number of benzene rings is 2. The number of hydrogen-bond acceptors (Lipinski definition) is 3. The highest BCUT2D eigenvalue weighted by atomic mass is 19.1. The van der Waals surface area contributed by atoms with E-state index in [2.05, 4.69) is 17.2 Å². The number of carbonyl (C=O) groups excluding carboxylic acids is 1. The summed E-state index contributed by atoms with van der Waals surface area (Å²) in [5.74, 6) is 5.62. The summed E-state index contributed by atoms with van der Waals surface area (Å²) in [6, 6.07) is 14.0. The number of ether oxygens (including phenoxy) is 2. The third kappa shape index (κ3) is 6.56. The summed E-state index contributed by atoms with van der Waals surface area (Å²) < 4.78 is 24.1. The molecule has 5 heteroatoms. The fourth-order valence-electron chi connectivity index (χ4n) is 2.01. The topological polar surface area (TPSA) is 47.6 Å². The maximum atomic E-state index is 13.8. The highest BCUT2D eigenvalue weighted by molar-refractivity contribution is 5.67. The molecule has 2 rings (SSSR count). The number of hydrogen-bond donors (Lipinski definition) is 1. The van der Waals surface area contributed by atoms with Gasteiger partial charge in [0.1, 0.15) is 18.2 Å². The molecule has 1 N–H and O–H groups in total. The minimum absolute atomic E-state index is 0.218. The molecule has 0 bridgehead atoms. The zero-order chi connectivity index (χ0) is 17.9. The van der Waals surface area contributed by atoms with Crippen LogP contribution in [0.25, 0.3) is 0 Å². The van der Waals surface area contributed by atoms with Gasteiger partial charge in [-0.05, 0) is 24.6 Å². The molecule has 0 radical (unpaired) electrons. The molecule has 0 saturated heterocycles. The molecule has 0 atom stereocenters. The van der Waals surface area contributed by atoms with Crippen molar-refractivity contribution in [1.29, 1.82) is 0 Å². The lowest BCUT2D eigenvalue weighted by Crippen LogP contribution is -2.24. The molecule has 1 amide bonds. The van der Waals surface area contributed by atoms with Gasteiger partial charge in [-0.1, -0.05) is 42.2 Å². The SMILES string of the molecule is CCOc1ccc(C#CCCNC(=O)OCc2ccccc2)c(F)c1. The monoisotopic (exact) mass is 341 g/mol. The Labute approximate surface area is 147 Å². The molecule has 0 aliphatic rings. The number of halogens is 1. The van der Waals surface area contributed by atoms with Gasteiger partial charge in [0.05, 0.1) is 12.2 Å². The second-order valence-electron chi connectivity index (χ2n) is 5.11. The van der Waals surface area contributed by atoms with Gasteiger partial charge in [-0.25, -0.2) is 9.18 Å². The quantitative estimate of drug-likeness (QED) is 0.640. The second-order valence-corrected chi connectivity index (χ2v) is 5.11. The van der Waals surface area contributed by atoms with Crippen molar-refractivity contribution in [3.8, 4) is 17.6 Å². The van der Waals surface area contributed by atoms with Gasteiger partial charge in [0, 0.05) is 19.0 Å². The predicted molar refractivity (Wildman–Crippen MR) is 93.7 cm³/mol. The first-order valence-electron chi connectivity index (χ1n) is 8.05. The molecule has 0 unspecified atom stereocenters. The van der Waals surface area contributed by atoms with Crippen LogP contribution >= 0.6 is 0 Å². The summed E-state index contributed by atoms with van der Waals surface area (Å²) >= 11 is 0. The molecule has 0 aromatic heterocycles.